The molecule has 0 fully saturated rings. The van der Waals surface area contributed by atoms with E-state index < -0.39 is 0 Å². The fraction of sp³-hybridized carbons (Fsp3) is 0.259. The predicted octanol–water partition coefficient (Wildman–Crippen LogP) is 7.17. The van der Waals surface area contributed by atoms with Crippen LogP contribution < -0.4 is 5.32 Å². The Morgan fingerprint density at radius 3 is 2.55 bits per heavy atom. The molecule has 0 saturated carbocycles. The number of unbranched alkanes of at least 4 members (excludes halogenated alkanes) is 1. The van der Waals surface area contributed by atoms with Crippen molar-refractivity contribution in [1.82, 2.24) is 14.9 Å². The van der Waals surface area contributed by atoms with E-state index in [2.05, 4.69) is 28.9 Å². The molecule has 0 saturated heterocycles. The lowest BCUT2D eigenvalue weighted by Gasteiger charge is -2.10. The Morgan fingerprint density at radius 1 is 0.970 bits per heavy atom. The Labute approximate surface area is 204 Å². The minimum absolute atomic E-state index is 0.0795. The fourth-order valence-electron chi connectivity index (χ4n) is 3.91. The average Bonchev–Trinajstić information content (AvgIpc) is 3.20. The number of hydrogen-bond acceptors (Lipinski definition) is 2. The molecule has 0 spiro atoms. The van der Waals surface area contributed by atoms with Crippen molar-refractivity contribution in [3.8, 4) is 11.4 Å². The zero-order valence-electron chi connectivity index (χ0n) is 18.7. The van der Waals surface area contributed by atoms with Crippen molar-refractivity contribution >= 4 is 40.1 Å². The van der Waals surface area contributed by atoms with E-state index in [9.17, 15) is 4.79 Å². The molecule has 1 amide bonds. The van der Waals surface area contributed by atoms with Gasteiger partial charge in [0.05, 0.1) is 21.1 Å². The first-order valence-electron chi connectivity index (χ1n) is 11.3. The molecule has 0 aliphatic rings. The zero-order valence-corrected chi connectivity index (χ0v) is 20.2. The molecule has 1 aromatic heterocycles. The molecule has 4 rings (SSSR count). The highest BCUT2D eigenvalue weighted by Gasteiger charge is 2.15. The number of fused-ring (bicyclic) bond motifs is 1. The minimum atomic E-state index is -0.0795. The van der Waals surface area contributed by atoms with Crippen LogP contribution in [0.25, 0.3) is 22.4 Å². The van der Waals surface area contributed by atoms with E-state index in [1.807, 2.05) is 48.5 Å². The standard InChI is InChI=1S/C27H27Cl2N3O/c1-2-3-16-32-25-14-12-21(27(33)30-15-7-10-19-8-5-4-6-9-19)18-24(25)31-26(32)20-11-13-22(28)23(29)17-20/h4-6,8-9,11-14,17-18H,2-3,7,10,15-16H2,1H3,(H,30,33). The van der Waals surface area contributed by atoms with E-state index in [0.717, 1.165) is 54.6 Å². The maximum absolute atomic E-state index is 12.7. The first kappa shape index (κ1) is 23.3. The molecule has 4 nitrogen and oxygen atoms in total. The predicted molar refractivity (Wildman–Crippen MR) is 137 cm³/mol. The van der Waals surface area contributed by atoms with Gasteiger partial charge in [0.2, 0.25) is 0 Å². The molecule has 4 aromatic rings. The van der Waals surface area contributed by atoms with Gasteiger partial charge in [-0.2, -0.15) is 0 Å². The summed E-state index contributed by atoms with van der Waals surface area (Å²) in [5.41, 5.74) is 4.60. The van der Waals surface area contributed by atoms with Crippen molar-refractivity contribution in [2.45, 2.75) is 39.2 Å². The molecule has 33 heavy (non-hydrogen) atoms. The molecular formula is C27H27Cl2N3O. The van der Waals surface area contributed by atoms with E-state index in [1.165, 1.54) is 5.56 Å². The van der Waals surface area contributed by atoms with E-state index >= 15 is 0 Å². The first-order valence-corrected chi connectivity index (χ1v) is 12.1. The number of imidazole rings is 1. The van der Waals surface area contributed by atoms with E-state index in [-0.39, 0.29) is 5.91 Å². The first-order chi connectivity index (χ1) is 16.1. The Balaban J connectivity index is 1.53. The number of nitrogens with zero attached hydrogens (tertiary/aromatic N) is 2. The van der Waals surface area contributed by atoms with Crippen LogP contribution in [0.4, 0.5) is 0 Å². The van der Waals surface area contributed by atoms with Crippen LogP contribution in [0, 0.1) is 0 Å². The van der Waals surface area contributed by atoms with Crippen molar-refractivity contribution in [1.29, 1.82) is 0 Å². The van der Waals surface area contributed by atoms with Crippen LogP contribution in [0.5, 0.6) is 0 Å². The molecule has 0 aliphatic heterocycles. The van der Waals surface area contributed by atoms with E-state index in [1.54, 1.807) is 6.07 Å². The van der Waals surface area contributed by atoms with Crippen molar-refractivity contribution in [2.75, 3.05) is 6.54 Å². The number of nitrogens with one attached hydrogen (secondary N) is 1. The number of benzene rings is 3. The lowest BCUT2D eigenvalue weighted by Crippen LogP contribution is -2.24. The van der Waals surface area contributed by atoms with Gasteiger partial charge in [-0.15, -0.1) is 0 Å². The second-order valence-electron chi connectivity index (χ2n) is 8.12. The van der Waals surface area contributed by atoms with Gasteiger partial charge in [-0.3, -0.25) is 4.79 Å². The summed E-state index contributed by atoms with van der Waals surface area (Å²) in [7, 11) is 0. The van der Waals surface area contributed by atoms with Crippen molar-refractivity contribution in [2.24, 2.45) is 0 Å². The number of carbonyl (C=O) groups is 1. The number of aromatic nitrogens is 2. The molecule has 0 unspecified atom stereocenters. The Bertz CT molecular complexity index is 1250. The molecule has 1 heterocycles. The van der Waals surface area contributed by atoms with Gasteiger partial charge in [-0.05, 0) is 61.2 Å². The third-order valence-corrected chi connectivity index (χ3v) is 6.43. The monoisotopic (exact) mass is 479 g/mol. The number of rotatable bonds is 9. The van der Waals surface area contributed by atoms with Crippen LogP contribution in [-0.4, -0.2) is 22.0 Å². The fourth-order valence-corrected chi connectivity index (χ4v) is 4.21. The topological polar surface area (TPSA) is 46.9 Å². The number of amides is 1. The van der Waals surface area contributed by atoms with Gasteiger partial charge in [0.15, 0.2) is 0 Å². The average molecular weight is 480 g/mol. The van der Waals surface area contributed by atoms with Gasteiger partial charge in [-0.1, -0.05) is 66.9 Å². The molecule has 0 aliphatic carbocycles. The third kappa shape index (κ3) is 5.58. The van der Waals surface area contributed by atoms with Gasteiger partial charge in [-0.25, -0.2) is 4.98 Å². The minimum Gasteiger partial charge on any atom is -0.352 e. The maximum atomic E-state index is 12.7. The number of hydrogen-bond donors (Lipinski definition) is 1. The van der Waals surface area contributed by atoms with E-state index in [0.29, 0.717) is 22.2 Å². The SMILES string of the molecule is CCCCn1c(-c2ccc(Cl)c(Cl)c2)nc2cc(C(=O)NCCCc3ccccc3)ccc21. The number of aryl methyl sites for hydroxylation is 2. The Kier molecular flexibility index (Phi) is 7.69. The van der Waals surface area contributed by atoms with Crippen LogP contribution in [0.2, 0.25) is 10.0 Å². The summed E-state index contributed by atoms with van der Waals surface area (Å²) in [6.07, 6.45) is 3.94. The summed E-state index contributed by atoms with van der Waals surface area (Å²) >= 11 is 12.4. The van der Waals surface area contributed by atoms with Gasteiger partial charge < -0.3 is 9.88 Å². The highest BCUT2D eigenvalue weighted by atomic mass is 35.5. The summed E-state index contributed by atoms with van der Waals surface area (Å²) in [4.78, 5) is 17.6. The second kappa shape index (κ2) is 10.9. The number of carbonyl (C=O) groups excluding carboxylic acids is 1. The van der Waals surface area contributed by atoms with Gasteiger partial charge in [0.1, 0.15) is 5.82 Å². The lowest BCUT2D eigenvalue weighted by atomic mass is 10.1. The summed E-state index contributed by atoms with van der Waals surface area (Å²) in [6.45, 7) is 3.64. The summed E-state index contributed by atoms with van der Waals surface area (Å²) in [6, 6.07) is 21.6. The summed E-state index contributed by atoms with van der Waals surface area (Å²) < 4.78 is 2.19. The Hall–Kier alpha value is -2.82. The molecule has 170 valence electrons. The van der Waals surface area contributed by atoms with Crippen LogP contribution in [-0.2, 0) is 13.0 Å². The molecular weight excluding hydrogens is 453 g/mol. The molecule has 1 N–H and O–H groups in total. The zero-order chi connectivity index (χ0) is 23.2. The molecule has 3 aromatic carbocycles. The highest BCUT2D eigenvalue weighted by Crippen LogP contribution is 2.31. The second-order valence-corrected chi connectivity index (χ2v) is 8.93. The highest BCUT2D eigenvalue weighted by molar-refractivity contribution is 6.42. The summed E-state index contributed by atoms with van der Waals surface area (Å²) in [5.74, 6) is 0.751. The molecule has 0 radical (unpaired) electrons. The van der Waals surface area contributed by atoms with Gasteiger partial charge in [0, 0.05) is 24.2 Å². The largest absolute Gasteiger partial charge is 0.352 e. The molecule has 0 atom stereocenters. The molecule has 6 heteroatoms. The van der Waals surface area contributed by atoms with Crippen molar-refractivity contribution < 1.29 is 4.79 Å². The van der Waals surface area contributed by atoms with Gasteiger partial charge in [0.25, 0.3) is 5.91 Å². The maximum Gasteiger partial charge on any atom is 0.251 e. The summed E-state index contributed by atoms with van der Waals surface area (Å²) in [5, 5.41) is 4.04. The third-order valence-electron chi connectivity index (χ3n) is 5.69. The van der Waals surface area contributed by atoms with Gasteiger partial charge >= 0.3 is 0 Å². The van der Waals surface area contributed by atoms with Crippen LogP contribution in [0.1, 0.15) is 42.1 Å². The van der Waals surface area contributed by atoms with Crippen LogP contribution >= 0.6 is 23.2 Å². The van der Waals surface area contributed by atoms with Crippen LogP contribution in [0.3, 0.4) is 0 Å². The normalized spacial score (nSPS) is 11.1. The number of halogens is 2. The smallest absolute Gasteiger partial charge is 0.251 e. The molecule has 0 bridgehead atoms. The van der Waals surface area contributed by atoms with Crippen molar-refractivity contribution in [3.05, 3.63) is 87.9 Å². The van der Waals surface area contributed by atoms with E-state index in [4.69, 9.17) is 28.2 Å². The van der Waals surface area contributed by atoms with Crippen molar-refractivity contribution in [3.63, 3.8) is 0 Å². The lowest BCUT2D eigenvalue weighted by molar-refractivity contribution is 0.0953. The van der Waals surface area contributed by atoms with Crippen LogP contribution in [0.15, 0.2) is 66.7 Å². The quantitative estimate of drug-likeness (QED) is 0.258. The Morgan fingerprint density at radius 2 is 1.79 bits per heavy atom.